The van der Waals surface area contributed by atoms with Crippen molar-refractivity contribution >= 4 is 5.82 Å². The summed E-state index contributed by atoms with van der Waals surface area (Å²) < 4.78 is 0. The van der Waals surface area contributed by atoms with E-state index in [4.69, 9.17) is 5.26 Å². The van der Waals surface area contributed by atoms with E-state index in [9.17, 15) is 0 Å². The van der Waals surface area contributed by atoms with Gasteiger partial charge in [-0.25, -0.2) is 4.98 Å². The zero-order valence-corrected chi connectivity index (χ0v) is 13.5. The third kappa shape index (κ3) is 3.11. The van der Waals surface area contributed by atoms with Gasteiger partial charge in [-0.05, 0) is 62.1 Å². The summed E-state index contributed by atoms with van der Waals surface area (Å²) in [5.41, 5.74) is 0.630. The predicted octanol–water partition coefficient (Wildman–Crippen LogP) is 2.72. The first-order valence-corrected chi connectivity index (χ1v) is 8.84. The molecule has 1 N–H and O–H groups in total. The van der Waals surface area contributed by atoms with Gasteiger partial charge in [-0.3, -0.25) is 0 Å². The first kappa shape index (κ1) is 14.7. The average Bonchev–Trinajstić information content (AvgIpc) is 3.24. The summed E-state index contributed by atoms with van der Waals surface area (Å²) in [5, 5.41) is 12.7. The second kappa shape index (κ2) is 6.33. The second-order valence-electron chi connectivity index (χ2n) is 7.23. The lowest BCUT2D eigenvalue weighted by atomic mass is 9.93. The number of nitrogens with zero attached hydrogens (tertiary/aromatic N) is 3. The molecular formula is C19H24N4. The number of hydrogen-bond acceptors (Lipinski definition) is 4. The maximum atomic E-state index is 8.85. The summed E-state index contributed by atoms with van der Waals surface area (Å²) in [6.45, 7) is 3.28. The Hall–Kier alpha value is -1.86. The highest BCUT2D eigenvalue weighted by atomic mass is 15.2. The number of hydrogen-bond donors (Lipinski definition) is 1. The van der Waals surface area contributed by atoms with Gasteiger partial charge in [0.2, 0.25) is 0 Å². The minimum atomic E-state index is 0.630. The number of pyridine rings is 1. The lowest BCUT2D eigenvalue weighted by Gasteiger charge is -2.34. The van der Waals surface area contributed by atoms with Crippen molar-refractivity contribution < 1.29 is 0 Å². The van der Waals surface area contributed by atoms with Crippen molar-refractivity contribution in [3.63, 3.8) is 0 Å². The predicted molar refractivity (Wildman–Crippen MR) is 91.0 cm³/mol. The van der Waals surface area contributed by atoms with E-state index in [1.807, 2.05) is 12.1 Å². The van der Waals surface area contributed by atoms with Crippen LogP contribution in [0.5, 0.6) is 0 Å². The largest absolute Gasteiger partial charge is 0.357 e. The van der Waals surface area contributed by atoms with E-state index in [-0.39, 0.29) is 0 Å². The Morgan fingerprint density at radius 2 is 2.09 bits per heavy atom. The first-order chi connectivity index (χ1) is 11.3. The van der Waals surface area contributed by atoms with Gasteiger partial charge >= 0.3 is 0 Å². The lowest BCUT2D eigenvalue weighted by molar-refractivity contribution is 0.348. The molecule has 4 nitrogen and oxygen atoms in total. The summed E-state index contributed by atoms with van der Waals surface area (Å²) >= 11 is 0. The molecule has 2 aliphatic carbocycles. The molecule has 23 heavy (non-hydrogen) atoms. The van der Waals surface area contributed by atoms with Gasteiger partial charge < -0.3 is 10.2 Å². The fraction of sp³-hybridized carbons (Fsp3) is 0.579. The highest BCUT2D eigenvalue weighted by molar-refractivity contribution is 5.42. The maximum absolute atomic E-state index is 8.85. The summed E-state index contributed by atoms with van der Waals surface area (Å²) in [6, 6.07) is 6.59. The molecule has 1 saturated carbocycles. The van der Waals surface area contributed by atoms with Crippen LogP contribution in [0.3, 0.4) is 0 Å². The molecule has 4 heteroatoms. The van der Waals surface area contributed by atoms with Crippen LogP contribution >= 0.6 is 0 Å². The van der Waals surface area contributed by atoms with Gasteiger partial charge in [-0.1, -0.05) is 12.2 Å². The monoisotopic (exact) mass is 308 g/mol. The molecule has 0 spiro atoms. The van der Waals surface area contributed by atoms with Gasteiger partial charge in [0, 0.05) is 25.3 Å². The van der Waals surface area contributed by atoms with E-state index in [0.29, 0.717) is 11.6 Å². The zero-order valence-electron chi connectivity index (χ0n) is 13.5. The third-order valence-electron chi connectivity index (χ3n) is 5.78. The Balaban J connectivity index is 1.24. The van der Waals surface area contributed by atoms with Gasteiger partial charge in [0.15, 0.2) is 0 Å². The van der Waals surface area contributed by atoms with Crippen LogP contribution in [0.1, 0.15) is 31.2 Å². The van der Waals surface area contributed by atoms with Crippen LogP contribution in [-0.4, -0.2) is 30.7 Å². The van der Waals surface area contributed by atoms with E-state index in [1.165, 1.54) is 32.2 Å². The van der Waals surface area contributed by atoms with E-state index < -0.39 is 0 Å². The summed E-state index contributed by atoms with van der Waals surface area (Å²) in [4.78, 5) is 6.74. The molecule has 2 bridgehead atoms. The maximum Gasteiger partial charge on any atom is 0.128 e. The molecule has 1 aliphatic heterocycles. The van der Waals surface area contributed by atoms with Crippen LogP contribution in [0.15, 0.2) is 30.5 Å². The standard InChI is InChI=1S/C19H24N4/c20-11-15-2-4-19(22-12-15)23-7-5-18(6-8-23)21-13-17-10-14-1-3-16(17)9-14/h1-4,12,14,16-18,21H,5-10,13H2. The quantitative estimate of drug-likeness (QED) is 0.869. The SMILES string of the molecule is N#Cc1ccc(N2CCC(NCC3CC4C=CC3C4)CC2)nc1. The van der Waals surface area contributed by atoms with Gasteiger partial charge in [0.1, 0.15) is 11.9 Å². The Morgan fingerprint density at radius 1 is 1.22 bits per heavy atom. The molecule has 0 amide bonds. The number of aromatic nitrogens is 1. The molecule has 3 atom stereocenters. The molecule has 0 radical (unpaired) electrons. The Morgan fingerprint density at radius 3 is 2.70 bits per heavy atom. The van der Waals surface area contributed by atoms with Gasteiger partial charge in [0.25, 0.3) is 0 Å². The van der Waals surface area contributed by atoms with Gasteiger partial charge in [0.05, 0.1) is 5.56 Å². The van der Waals surface area contributed by atoms with Gasteiger partial charge in [-0.2, -0.15) is 5.26 Å². The molecule has 120 valence electrons. The highest BCUT2D eigenvalue weighted by Gasteiger charge is 2.35. The summed E-state index contributed by atoms with van der Waals surface area (Å²) in [7, 11) is 0. The van der Waals surface area contributed by atoms with Crippen LogP contribution in [0.2, 0.25) is 0 Å². The molecule has 1 aromatic heterocycles. The molecule has 2 heterocycles. The van der Waals surface area contributed by atoms with E-state index in [0.717, 1.165) is 36.7 Å². The number of piperidine rings is 1. The van der Waals surface area contributed by atoms with Crippen molar-refractivity contribution in [2.24, 2.45) is 17.8 Å². The Labute approximate surface area is 138 Å². The smallest absolute Gasteiger partial charge is 0.128 e. The van der Waals surface area contributed by atoms with Crippen molar-refractivity contribution in [1.82, 2.24) is 10.3 Å². The molecule has 2 fully saturated rings. The fourth-order valence-electron chi connectivity index (χ4n) is 4.40. The van der Waals surface area contributed by atoms with Gasteiger partial charge in [-0.15, -0.1) is 0 Å². The first-order valence-electron chi connectivity index (χ1n) is 8.84. The van der Waals surface area contributed by atoms with Crippen molar-refractivity contribution in [3.05, 3.63) is 36.0 Å². The molecule has 1 saturated heterocycles. The Bertz CT molecular complexity index is 607. The minimum absolute atomic E-state index is 0.630. The number of nitriles is 1. The van der Waals surface area contributed by atoms with Crippen LogP contribution < -0.4 is 10.2 Å². The Kier molecular flexibility index (Phi) is 4.05. The minimum Gasteiger partial charge on any atom is -0.357 e. The summed E-state index contributed by atoms with van der Waals surface area (Å²) in [5.74, 6) is 3.58. The number of allylic oxidation sites excluding steroid dienone is 2. The van der Waals surface area contributed by atoms with Crippen molar-refractivity contribution in [3.8, 4) is 6.07 Å². The summed E-state index contributed by atoms with van der Waals surface area (Å²) in [6.07, 6.45) is 11.7. The van der Waals surface area contributed by atoms with Crippen molar-refractivity contribution in [2.45, 2.75) is 31.7 Å². The van der Waals surface area contributed by atoms with Crippen LogP contribution in [-0.2, 0) is 0 Å². The van der Waals surface area contributed by atoms with Crippen molar-refractivity contribution in [1.29, 1.82) is 5.26 Å². The van der Waals surface area contributed by atoms with Crippen LogP contribution in [0.25, 0.3) is 0 Å². The topological polar surface area (TPSA) is 52.0 Å². The molecule has 3 aliphatic rings. The molecule has 1 aromatic rings. The molecule has 0 aromatic carbocycles. The average molecular weight is 308 g/mol. The van der Waals surface area contributed by atoms with Crippen molar-refractivity contribution in [2.75, 3.05) is 24.5 Å². The number of rotatable bonds is 4. The molecule has 3 unspecified atom stereocenters. The highest BCUT2D eigenvalue weighted by Crippen LogP contribution is 2.43. The van der Waals surface area contributed by atoms with Crippen LogP contribution in [0.4, 0.5) is 5.82 Å². The third-order valence-corrected chi connectivity index (χ3v) is 5.78. The fourth-order valence-corrected chi connectivity index (χ4v) is 4.40. The lowest BCUT2D eigenvalue weighted by Crippen LogP contribution is -2.44. The number of fused-ring (bicyclic) bond motifs is 2. The normalized spacial score (nSPS) is 29.9. The van der Waals surface area contributed by atoms with E-state index in [1.54, 1.807) is 6.20 Å². The van der Waals surface area contributed by atoms with E-state index in [2.05, 4.69) is 33.4 Å². The molecular weight excluding hydrogens is 284 g/mol. The zero-order chi connectivity index (χ0) is 15.6. The van der Waals surface area contributed by atoms with E-state index >= 15 is 0 Å². The molecule has 4 rings (SSSR count). The second-order valence-corrected chi connectivity index (χ2v) is 7.23. The number of nitrogens with one attached hydrogen (secondary N) is 1. The van der Waals surface area contributed by atoms with Crippen LogP contribution in [0, 0.1) is 29.1 Å². The number of anilines is 1.